The summed E-state index contributed by atoms with van der Waals surface area (Å²) in [4.78, 5) is 28.8. The van der Waals surface area contributed by atoms with Crippen molar-refractivity contribution in [2.24, 2.45) is 0 Å². The van der Waals surface area contributed by atoms with E-state index in [1.54, 1.807) is 0 Å². The first-order chi connectivity index (χ1) is 12.1. The molecule has 9 heteroatoms. The molecule has 2 aliphatic rings. The normalized spacial score (nSPS) is 20.2. The molecule has 2 fully saturated rings. The van der Waals surface area contributed by atoms with Gasteiger partial charge in [0.15, 0.2) is 0 Å². The zero-order valence-electron chi connectivity index (χ0n) is 15.5. The van der Waals surface area contributed by atoms with E-state index < -0.39 is 6.10 Å². The number of benzene rings is 1. The Hall–Kier alpha value is -1.38. The third-order valence-corrected chi connectivity index (χ3v) is 4.63. The number of carbonyl (C=O) groups excluding carboxylic acids is 2. The Balaban J connectivity index is 0.00000182. The number of amides is 2. The van der Waals surface area contributed by atoms with Crippen molar-refractivity contribution in [3.63, 3.8) is 0 Å². The van der Waals surface area contributed by atoms with Crippen LogP contribution in [0.25, 0.3) is 0 Å². The lowest BCUT2D eigenvalue weighted by atomic mass is 10.1. The van der Waals surface area contributed by atoms with Crippen LogP contribution in [-0.2, 0) is 20.7 Å². The monoisotopic (exact) mass is 418 g/mol. The minimum atomic E-state index is -0.468. The Labute approximate surface area is 172 Å². The molecule has 2 saturated heterocycles. The van der Waals surface area contributed by atoms with Crippen LogP contribution in [-0.4, -0.2) is 80.6 Å². The molecule has 2 aliphatic heterocycles. The largest absolute Gasteiger partial charge is 0.366 e. The third-order valence-electron chi connectivity index (χ3n) is 4.63. The maximum Gasteiger partial charge on any atom is 0.254 e. The molecule has 152 valence electrons. The molecule has 0 radical (unpaired) electrons. The molecule has 27 heavy (non-hydrogen) atoms. The van der Waals surface area contributed by atoms with E-state index in [9.17, 15) is 9.59 Å². The van der Waals surface area contributed by atoms with Gasteiger partial charge in [0.05, 0.1) is 13.0 Å². The van der Waals surface area contributed by atoms with Crippen LogP contribution >= 0.6 is 24.8 Å². The van der Waals surface area contributed by atoms with E-state index in [4.69, 9.17) is 4.74 Å². The van der Waals surface area contributed by atoms with Crippen LogP contribution in [0.1, 0.15) is 5.56 Å². The molecule has 1 unspecified atom stereocenters. The Morgan fingerprint density at radius 1 is 1.22 bits per heavy atom. The first-order valence-corrected chi connectivity index (χ1v) is 8.80. The lowest BCUT2D eigenvalue weighted by molar-refractivity contribution is -0.132. The van der Waals surface area contributed by atoms with Crippen molar-refractivity contribution in [2.75, 3.05) is 58.2 Å². The number of nitrogens with one attached hydrogen (secondary N) is 2. The van der Waals surface area contributed by atoms with Gasteiger partial charge >= 0.3 is 0 Å². The molecular formula is C18H28Cl2N4O3. The summed E-state index contributed by atoms with van der Waals surface area (Å²) in [5.41, 5.74) is 1.60. The van der Waals surface area contributed by atoms with E-state index in [1.165, 1.54) is 0 Å². The number of likely N-dealkylation sites (N-methyl/N-ethyl adjacent to an activating group) is 1. The predicted octanol–water partition coefficient (Wildman–Crippen LogP) is 0.774. The van der Waals surface area contributed by atoms with E-state index in [0.717, 1.165) is 38.3 Å². The average Bonchev–Trinajstić information content (AvgIpc) is 2.63. The molecule has 1 aromatic carbocycles. The highest BCUT2D eigenvalue weighted by atomic mass is 35.5. The zero-order valence-corrected chi connectivity index (χ0v) is 17.1. The number of rotatable bonds is 4. The first kappa shape index (κ1) is 23.7. The summed E-state index contributed by atoms with van der Waals surface area (Å²) in [6.45, 7) is 5.21. The van der Waals surface area contributed by atoms with Gasteiger partial charge in [-0.2, -0.15) is 0 Å². The molecule has 3 rings (SSSR count). The minimum Gasteiger partial charge on any atom is -0.366 e. The zero-order chi connectivity index (χ0) is 17.6. The molecule has 2 amide bonds. The predicted molar refractivity (Wildman–Crippen MR) is 110 cm³/mol. The topological polar surface area (TPSA) is 73.9 Å². The van der Waals surface area contributed by atoms with Gasteiger partial charge in [-0.25, -0.2) is 0 Å². The smallest absolute Gasteiger partial charge is 0.254 e. The van der Waals surface area contributed by atoms with E-state index in [1.807, 2.05) is 29.2 Å². The summed E-state index contributed by atoms with van der Waals surface area (Å²) in [6.07, 6.45) is -0.112. The number of ether oxygens (including phenoxy) is 1. The number of anilines is 1. The summed E-state index contributed by atoms with van der Waals surface area (Å²) in [7, 11) is 2.07. The van der Waals surface area contributed by atoms with Crippen LogP contribution in [0.3, 0.4) is 0 Å². The van der Waals surface area contributed by atoms with Crippen LogP contribution in [0.15, 0.2) is 24.3 Å². The maximum absolute atomic E-state index is 12.4. The third kappa shape index (κ3) is 6.93. The SMILES string of the molecule is CN1CCN(C(=O)Cc2cccc(NC(=O)C3CNCCO3)c2)CC1.Cl.Cl. The van der Waals surface area contributed by atoms with Crippen LogP contribution in [0.5, 0.6) is 0 Å². The minimum absolute atomic E-state index is 0. The number of halogens is 2. The first-order valence-electron chi connectivity index (χ1n) is 8.80. The van der Waals surface area contributed by atoms with Gasteiger partial charge in [0.1, 0.15) is 6.10 Å². The molecular weight excluding hydrogens is 391 g/mol. The van der Waals surface area contributed by atoms with Gasteiger partial charge < -0.3 is 25.2 Å². The van der Waals surface area contributed by atoms with Gasteiger partial charge in [-0.3, -0.25) is 9.59 Å². The Kier molecular flexibility index (Phi) is 10.0. The Morgan fingerprint density at radius 2 is 1.96 bits per heavy atom. The second kappa shape index (κ2) is 11.5. The van der Waals surface area contributed by atoms with Gasteiger partial charge in [0.25, 0.3) is 5.91 Å². The number of nitrogens with zero attached hydrogens (tertiary/aromatic N) is 2. The second-order valence-electron chi connectivity index (χ2n) is 6.61. The number of hydrogen-bond donors (Lipinski definition) is 2. The molecule has 0 aliphatic carbocycles. The molecule has 0 spiro atoms. The fourth-order valence-corrected chi connectivity index (χ4v) is 3.06. The molecule has 0 bridgehead atoms. The quantitative estimate of drug-likeness (QED) is 0.755. The van der Waals surface area contributed by atoms with Crippen molar-refractivity contribution >= 4 is 42.3 Å². The summed E-state index contributed by atoms with van der Waals surface area (Å²) in [6, 6.07) is 7.48. The van der Waals surface area contributed by atoms with Gasteiger partial charge in [-0.15, -0.1) is 24.8 Å². The molecule has 7 nitrogen and oxygen atoms in total. The van der Waals surface area contributed by atoms with Crippen LogP contribution in [0.4, 0.5) is 5.69 Å². The number of hydrogen-bond acceptors (Lipinski definition) is 5. The Morgan fingerprint density at radius 3 is 2.63 bits per heavy atom. The maximum atomic E-state index is 12.4. The van der Waals surface area contributed by atoms with Crippen molar-refractivity contribution < 1.29 is 14.3 Å². The van der Waals surface area contributed by atoms with E-state index in [-0.39, 0.29) is 36.6 Å². The van der Waals surface area contributed by atoms with Crippen molar-refractivity contribution in [1.29, 1.82) is 0 Å². The van der Waals surface area contributed by atoms with E-state index in [2.05, 4.69) is 22.6 Å². The fraction of sp³-hybridized carbons (Fsp3) is 0.556. The van der Waals surface area contributed by atoms with E-state index in [0.29, 0.717) is 25.3 Å². The molecule has 1 aromatic rings. The highest BCUT2D eigenvalue weighted by Gasteiger charge is 2.22. The van der Waals surface area contributed by atoms with Gasteiger partial charge in [0, 0.05) is 45.0 Å². The molecule has 1 atom stereocenters. The van der Waals surface area contributed by atoms with Gasteiger partial charge in [-0.05, 0) is 24.7 Å². The molecule has 0 aromatic heterocycles. The summed E-state index contributed by atoms with van der Waals surface area (Å²) >= 11 is 0. The highest BCUT2D eigenvalue weighted by Crippen LogP contribution is 2.14. The van der Waals surface area contributed by atoms with Crippen LogP contribution in [0.2, 0.25) is 0 Å². The average molecular weight is 419 g/mol. The van der Waals surface area contributed by atoms with Crippen molar-refractivity contribution in [2.45, 2.75) is 12.5 Å². The molecule has 2 heterocycles. The summed E-state index contributed by atoms with van der Waals surface area (Å²) in [5.74, 6) is -0.0221. The lowest BCUT2D eigenvalue weighted by Gasteiger charge is -2.32. The second-order valence-corrected chi connectivity index (χ2v) is 6.61. The van der Waals surface area contributed by atoms with E-state index >= 15 is 0 Å². The highest BCUT2D eigenvalue weighted by molar-refractivity contribution is 5.94. The van der Waals surface area contributed by atoms with Gasteiger partial charge in [0.2, 0.25) is 5.91 Å². The number of carbonyl (C=O) groups is 2. The number of piperazine rings is 1. The Bertz CT molecular complexity index is 618. The van der Waals surface area contributed by atoms with Crippen molar-refractivity contribution in [3.8, 4) is 0 Å². The lowest BCUT2D eigenvalue weighted by Crippen LogP contribution is -2.47. The van der Waals surface area contributed by atoms with Gasteiger partial charge in [-0.1, -0.05) is 12.1 Å². The van der Waals surface area contributed by atoms with Crippen molar-refractivity contribution in [3.05, 3.63) is 29.8 Å². The standard InChI is InChI=1S/C18H26N4O3.2ClH/c1-21-6-8-22(9-7-21)17(23)12-14-3-2-4-15(11-14)20-18(24)16-13-19-5-10-25-16;;/h2-4,11,16,19H,5-10,12-13H2,1H3,(H,20,24);2*1H. The summed E-state index contributed by atoms with van der Waals surface area (Å²) < 4.78 is 5.46. The van der Waals surface area contributed by atoms with Crippen LogP contribution in [0, 0.1) is 0 Å². The molecule has 0 saturated carbocycles. The fourth-order valence-electron chi connectivity index (χ4n) is 3.06. The summed E-state index contributed by atoms with van der Waals surface area (Å²) in [5, 5.41) is 6.01. The van der Waals surface area contributed by atoms with Crippen molar-refractivity contribution in [1.82, 2.24) is 15.1 Å². The van der Waals surface area contributed by atoms with Crippen LogP contribution < -0.4 is 10.6 Å². The number of morpholine rings is 1. The molecule has 2 N–H and O–H groups in total.